The largest absolute Gasteiger partial charge is 0.293 e. The van der Waals surface area contributed by atoms with Crippen molar-refractivity contribution in [1.29, 1.82) is 0 Å². The van der Waals surface area contributed by atoms with Crippen molar-refractivity contribution < 1.29 is 4.79 Å². The summed E-state index contributed by atoms with van der Waals surface area (Å²) in [6.07, 6.45) is 7.71. The zero-order valence-corrected chi connectivity index (χ0v) is 13.4. The van der Waals surface area contributed by atoms with Gasteiger partial charge in [0.1, 0.15) is 4.32 Å². The highest BCUT2D eigenvalue weighted by Gasteiger charge is 2.30. The summed E-state index contributed by atoms with van der Waals surface area (Å²) in [5.74, 6) is -0.0122. The lowest BCUT2D eigenvalue weighted by molar-refractivity contribution is -0.122. The second kappa shape index (κ2) is 6.37. The van der Waals surface area contributed by atoms with Crippen molar-refractivity contribution in [3.05, 3.63) is 34.9 Å². The summed E-state index contributed by atoms with van der Waals surface area (Å²) >= 11 is 6.54. The molecule has 0 saturated carbocycles. The van der Waals surface area contributed by atoms with Crippen LogP contribution in [0.3, 0.4) is 0 Å². The molecule has 0 spiro atoms. The third-order valence-electron chi connectivity index (χ3n) is 2.97. The molecule has 0 aromatic carbocycles. The molecule has 2 heterocycles. The van der Waals surface area contributed by atoms with Gasteiger partial charge in [0, 0.05) is 13.1 Å². The van der Waals surface area contributed by atoms with Crippen molar-refractivity contribution in [3.63, 3.8) is 0 Å². The van der Waals surface area contributed by atoms with Gasteiger partial charge in [0.2, 0.25) is 0 Å². The van der Waals surface area contributed by atoms with Crippen LogP contribution >= 0.6 is 24.0 Å². The topological polar surface area (TPSA) is 35.9 Å². The van der Waals surface area contributed by atoms with E-state index in [1.807, 2.05) is 50.1 Å². The van der Waals surface area contributed by atoms with Gasteiger partial charge >= 0.3 is 0 Å². The van der Waals surface area contributed by atoms with Gasteiger partial charge < -0.3 is 0 Å². The molecule has 106 valence electrons. The smallest absolute Gasteiger partial charge is 0.266 e. The number of carbonyl (C=O) groups excluding carboxylic acids is 1. The molecule has 0 atom stereocenters. The fourth-order valence-corrected chi connectivity index (χ4v) is 3.24. The number of hydrogen-bond donors (Lipinski definition) is 0. The highest BCUT2D eigenvalue weighted by molar-refractivity contribution is 8.26. The van der Waals surface area contributed by atoms with E-state index in [1.165, 1.54) is 11.8 Å². The Bertz CT molecular complexity index is 561. The molecular weight excluding hydrogens is 290 g/mol. The maximum atomic E-state index is 12.1. The van der Waals surface area contributed by atoms with Crippen molar-refractivity contribution in [2.75, 3.05) is 13.1 Å². The summed E-state index contributed by atoms with van der Waals surface area (Å²) in [6.45, 7) is 7.33. The summed E-state index contributed by atoms with van der Waals surface area (Å²) in [6, 6.07) is 0. The van der Waals surface area contributed by atoms with Gasteiger partial charge in [0.05, 0.1) is 16.3 Å². The van der Waals surface area contributed by atoms with Gasteiger partial charge in [0.25, 0.3) is 5.91 Å². The molecule has 1 saturated heterocycles. The van der Waals surface area contributed by atoms with E-state index in [0.717, 1.165) is 18.0 Å². The third kappa shape index (κ3) is 3.02. The molecular formula is C14H17N3OS2. The molecule has 1 amide bonds. The van der Waals surface area contributed by atoms with Crippen LogP contribution in [0.1, 0.15) is 20.8 Å². The van der Waals surface area contributed by atoms with Crippen molar-refractivity contribution in [2.24, 2.45) is 5.10 Å². The maximum Gasteiger partial charge on any atom is 0.266 e. The van der Waals surface area contributed by atoms with Crippen LogP contribution in [0, 0.1) is 0 Å². The molecule has 0 bridgehead atoms. The highest BCUT2D eigenvalue weighted by Crippen LogP contribution is 2.30. The van der Waals surface area contributed by atoms with Crippen LogP contribution in [0.2, 0.25) is 0 Å². The van der Waals surface area contributed by atoms with Crippen molar-refractivity contribution in [3.8, 4) is 0 Å². The quantitative estimate of drug-likeness (QED) is 0.593. The molecule has 0 aliphatic carbocycles. The number of allylic oxidation sites excluding steroid dienone is 4. The number of carbonyl (C=O) groups is 1. The van der Waals surface area contributed by atoms with Crippen LogP contribution in [0.4, 0.5) is 0 Å². The predicted octanol–water partition coefficient (Wildman–Crippen LogP) is 2.90. The van der Waals surface area contributed by atoms with E-state index in [2.05, 4.69) is 5.10 Å². The van der Waals surface area contributed by atoms with E-state index in [9.17, 15) is 4.79 Å². The number of thioether (sulfide) groups is 1. The second-order valence-corrected chi connectivity index (χ2v) is 6.01. The average molecular weight is 307 g/mol. The number of likely N-dealkylation sites (N-methyl/N-ethyl adjacent to an activating group) is 2. The first-order chi connectivity index (χ1) is 9.56. The zero-order chi connectivity index (χ0) is 14.7. The summed E-state index contributed by atoms with van der Waals surface area (Å²) in [5.41, 5.74) is 1.95. The van der Waals surface area contributed by atoms with Crippen molar-refractivity contribution in [2.45, 2.75) is 20.8 Å². The fraction of sp³-hybridized carbons (Fsp3) is 0.357. The molecule has 2 aliphatic heterocycles. The summed E-state index contributed by atoms with van der Waals surface area (Å²) in [5, 5.41) is 6.34. The molecule has 0 unspecified atom stereocenters. The van der Waals surface area contributed by atoms with Crippen molar-refractivity contribution >= 4 is 39.9 Å². The fourth-order valence-electron chi connectivity index (χ4n) is 1.92. The molecule has 1 fully saturated rings. The monoisotopic (exact) mass is 307 g/mol. The number of hydrazone groups is 1. The van der Waals surface area contributed by atoms with E-state index < -0.39 is 0 Å². The lowest BCUT2D eigenvalue weighted by Gasteiger charge is -2.21. The molecule has 4 nitrogen and oxygen atoms in total. The molecule has 0 aromatic heterocycles. The number of thiocarbonyl (C=S) groups is 1. The molecule has 2 aliphatic rings. The SMILES string of the molecule is CCN1C(=O)/C(=C\C=C2/C=CC(C)=NN2CC)SC1=S. The molecule has 0 N–H and O–H groups in total. The Kier molecular flexibility index (Phi) is 4.77. The molecule has 2 rings (SSSR count). The Labute approximate surface area is 128 Å². The van der Waals surface area contributed by atoms with Crippen LogP contribution in [-0.2, 0) is 4.79 Å². The maximum absolute atomic E-state index is 12.1. The number of amides is 1. The number of rotatable bonds is 3. The van der Waals surface area contributed by atoms with Crippen molar-refractivity contribution in [1.82, 2.24) is 9.91 Å². The van der Waals surface area contributed by atoms with Gasteiger partial charge in [-0.2, -0.15) is 5.10 Å². The van der Waals surface area contributed by atoms with Gasteiger partial charge in [-0.15, -0.1) is 0 Å². The van der Waals surface area contributed by atoms with Crippen LogP contribution in [0.25, 0.3) is 0 Å². The Hall–Kier alpha value is -1.40. The Morgan fingerprint density at radius 3 is 2.65 bits per heavy atom. The third-order valence-corrected chi connectivity index (χ3v) is 4.36. The summed E-state index contributed by atoms with van der Waals surface area (Å²) < 4.78 is 0.627. The standard InChI is InChI=1S/C14H17N3OS2/c1-4-16-13(18)12(20-14(16)19)9-8-11-7-6-10(3)15-17(11)5-2/h6-9H,4-5H2,1-3H3/b11-8+,12-9+. The van der Waals surface area contributed by atoms with E-state index >= 15 is 0 Å². The van der Waals surface area contributed by atoms with E-state index in [0.29, 0.717) is 15.8 Å². The molecule has 6 heteroatoms. The first kappa shape index (κ1) is 15.0. The normalized spacial score (nSPS) is 23.2. The van der Waals surface area contributed by atoms with Crippen LogP contribution < -0.4 is 0 Å². The van der Waals surface area contributed by atoms with Crippen LogP contribution in [0.5, 0.6) is 0 Å². The Morgan fingerprint density at radius 1 is 1.30 bits per heavy atom. The molecule has 0 radical (unpaired) electrons. The zero-order valence-electron chi connectivity index (χ0n) is 11.8. The van der Waals surface area contributed by atoms with Gasteiger partial charge in [-0.1, -0.05) is 24.0 Å². The first-order valence-corrected chi connectivity index (χ1v) is 7.75. The summed E-state index contributed by atoms with van der Waals surface area (Å²) in [4.78, 5) is 14.4. The first-order valence-electron chi connectivity index (χ1n) is 6.53. The highest BCUT2D eigenvalue weighted by atomic mass is 32.2. The average Bonchev–Trinajstić information content (AvgIpc) is 2.71. The number of nitrogens with zero attached hydrogens (tertiary/aromatic N) is 3. The predicted molar refractivity (Wildman–Crippen MR) is 88.4 cm³/mol. The Morgan fingerprint density at radius 2 is 2.05 bits per heavy atom. The summed E-state index contributed by atoms with van der Waals surface area (Å²) in [7, 11) is 0. The van der Waals surface area contributed by atoms with Gasteiger partial charge in [0.15, 0.2) is 0 Å². The van der Waals surface area contributed by atoms with Crippen LogP contribution in [0.15, 0.2) is 40.0 Å². The minimum absolute atomic E-state index is 0.0122. The second-order valence-electron chi connectivity index (χ2n) is 4.33. The molecule has 0 aromatic rings. The van der Waals surface area contributed by atoms with Gasteiger partial charge in [-0.25, -0.2) is 0 Å². The minimum Gasteiger partial charge on any atom is -0.293 e. The lowest BCUT2D eigenvalue weighted by Crippen LogP contribution is -2.27. The molecule has 20 heavy (non-hydrogen) atoms. The van der Waals surface area contributed by atoms with Crippen LogP contribution in [-0.4, -0.2) is 38.9 Å². The lowest BCUT2D eigenvalue weighted by atomic mass is 10.2. The van der Waals surface area contributed by atoms with Gasteiger partial charge in [-0.05, 0) is 45.1 Å². The van der Waals surface area contributed by atoms with E-state index in [1.54, 1.807) is 4.90 Å². The minimum atomic E-state index is -0.0122. The van der Waals surface area contributed by atoms with E-state index in [4.69, 9.17) is 12.2 Å². The number of hydrogen-bond acceptors (Lipinski definition) is 5. The van der Waals surface area contributed by atoms with Gasteiger partial charge in [-0.3, -0.25) is 14.7 Å². The van der Waals surface area contributed by atoms with E-state index in [-0.39, 0.29) is 5.91 Å². The Balaban J connectivity index is 2.21.